The Hall–Kier alpha value is -3.49. The zero-order valence-electron chi connectivity index (χ0n) is 23.7. The minimum Gasteiger partial charge on any atom is -0.256 e. The Balaban J connectivity index is 1.49. The van der Waals surface area contributed by atoms with Gasteiger partial charge in [-0.1, -0.05) is 113 Å². The summed E-state index contributed by atoms with van der Waals surface area (Å²) in [6, 6.07) is 32.0. The molecule has 1 heterocycles. The fraction of sp³-hybridized carbons (Fsp3) is 0.250. The molecule has 2 heteroatoms. The van der Waals surface area contributed by atoms with E-state index in [0.29, 0.717) is 5.92 Å². The predicted molar refractivity (Wildman–Crippen MR) is 167 cm³/mol. The van der Waals surface area contributed by atoms with Gasteiger partial charge in [0.1, 0.15) is 0 Å². The summed E-state index contributed by atoms with van der Waals surface area (Å²) in [6.45, 7) is 16.5. The van der Waals surface area contributed by atoms with Crippen LogP contribution in [0.2, 0.25) is 19.6 Å². The van der Waals surface area contributed by atoms with Crippen LogP contribution in [-0.4, -0.2) is 13.1 Å². The number of rotatable bonds is 4. The molecule has 0 saturated heterocycles. The van der Waals surface area contributed by atoms with Crippen molar-refractivity contribution in [1.29, 1.82) is 0 Å². The molecule has 1 nitrogen and oxygen atoms in total. The lowest BCUT2D eigenvalue weighted by molar-refractivity contribution is 0.659. The van der Waals surface area contributed by atoms with Gasteiger partial charge in [0.15, 0.2) is 0 Å². The van der Waals surface area contributed by atoms with Gasteiger partial charge in [0.05, 0.1) is 13.8 Å². The average Bonchev–Trinajstić information content (AvgIpc) is 3.14. The van der Waals surface area contributed by atoms with Crippen molar-refractivity contribution < 1.29 is 0 Å². The van der Waals surface area contributed by atoms with Gasteiger partial charge < -0.3 is 0 Å². The van der Waals surface area contributed by atoms with Gasteiger partial charge in [-0.2, -0.15) is 0 Å². The number of pyridine rings is 1. The van der Waals surface area contributed by atoms with Gasteiger partial charge in [0.25, 0.3) is 0 Å². The third-order valence-electron chi connectivity index (χ3n) is 8.43. The molecule has 0 saturated carbocycles. The van der Waals surface area contributed by atoms with Crippen LogP contribution in [0.4, 0.5) is 0 Å². The molecule has 190 valence electrons. The highest BCUT2D eigenvalue weighted by Crippen LogP contribution is 2.52. The van der Waals surface area contributed by atoms with Gasteiger partial charge in [-0.05, 0) is 79.9 Å². The van der Waals surface area contributed by atoms with E-state index < -0.39 is 8.07 Å². The monoisotopic (exact) mass is 511 g/mol. The van der Waals surface area contributed by atoms with Crippen LogP contribution in [0.3, 0.4) is 0 Å². The highest BCUT2D eigenvalue weighted by Gasteiger charge is 2.38. The van der Waals surface area contributed by atoms with Crippen LogP contribution in [0.25, 0.3) is 44.3 Å². The lowest BCUT2D eigenvalue weighted by Crippen LogP contribution is -2.37. The molecule has 6 rings (SSSR count). The Morgan fingerprint density at radius 3 is 2.13 bits per heavy atom. The van der Waals surface area contributed by atoms with Gasteiger partial charge in [-0.15, -0.1) is 0 Å². The van der Waals surface area contributed by atoms with Crippen molar-refractivity contribution in [2.75, 3.05) is 0 Å². The summed E-state index contributed by atoms with van der Waals surface area (Å²) in [6.07, 6.45) is 1.99. The fourth-order valence-electron chi connectivity index (χ4n) is 6.27. The molecule has 1 aliphatic carbocycles. The molecule has 38 heavy (non-hydrogen) atoms. The highest BCUT2D eigenvalue weighted by molar-refractivity contribution is 6.88. The van der Waals surface area contributed by atoms with Crippen molar-refractivity contribution >= 4 is 24.0 Å². The van der Waals surface area contributed by atoms with E-state index in [0.717, 1.165) is 5.69 Å². The molecule has 0 radical (unpaired) electrons. The largest absolute Gasteiger partial charge is 0.256 e. The molecule has 5 aromatic rings. The lowest BCUT2D eigenvalue weighted by Gasteiger charge is -2.25. The van der Waals surface area contributed by atoms with E-state index >= 15 is 0 Å². The summed E-state index contributed by atoms with van der Waals surface area (Å²) in [4.78, 5) is 5.02. The summed E-state index contributed by atoms with van der Waals surface area (Å²) in [5.41, 5.74) is 11.5. The minimum absolute atomic E-state index is 0.147. The second-order valence-electron chi connectivity index (χ2n) is 12.7. The third-order valence-corrected chi connectivity index (χ3v) is 10.5. The summed E-state index contributed by atoms with van der Waals surface area (Å²) in [7, 11) is -1.31. The number of hydrogen-bond donors (Lipinski definition) is 0. The number of benzene rings is 4. The van der Waals surface area contributed by atoms with E-state index in [1.165, 1.54) is 60.5 Å². The van der Waals surface area contributed by atoms with Gasteiger partial charge in [0.2, 0.25) is 0 Å². The second-order valence-corrected chi connectivity index (χ2v) is 17.8. The second kappa shape index (κ2) is 8.78. The Morgan fingerprint density at radius 2 is 1.42 bits per heavy atom. The maximum atomic E-state index is 5.02. The van der Waals surface area contributed by atoms with Crippen molar-refractivity contribution in [2.45, 2.75) is 58.7 Å². The molecule has 0 N–H and O–H groups in total. The highest BCUT2D eigenvalue weighted by atomic mass is 28.3. The molecule has 4 aromatic carbocycles. The molecular formula is C36H37NSi. The maximum absolute atomic E-state index is 5.02. The van der Waals surface area contributed by atoms with Crippen LogP contribution in [-0.2, 0) is 5.41 Å². The summed E-state index contributed by atoms with van der Waals surface area (Å²) in [5, 5.41) is 4.12. The van der Waals surface area contributed by atoms with Crippen LogP contribution < -0.4 is 5.19 Å². The van der Waals surface area contributed by atoms with Crippen LogP contribution in [0.15, 0.2) is 91.1 Å². The van der Waals surface area contributed by atoms with Crippen LogP contribution in [0, 0.1) is 0 Å². The van der Waals surface area contributed by atoms with Crippen molar-refractivity contribution in [2.24, 2.45) is 0 Å². The van der Waals surface area contributed by atoms with E-state index in [4.69, 9.17) is 4.98 Å². The van der Waals surface area contributed by atoms with Gasteiger partial charge in [0, 0.05) is 17.2 Å². The van der Waals surface area contributed by atoms with E-state index in [2.05, 4.69) is 132 Å². The van der Waals surface area contributed by atoms with Gasteiger partial charge in [-0.3, -0.25) is 4.98 Å². The smallest absolute Gasteiger partial charge is 0.0775 e. The fourth-order valence-corrected chi connectivity index (χ4v) is 7.43. The van der Waals surface area contributed by atoms with Crippen LogP contribution in [0.1, 0.15) is 50.3 Å². The Kier molecular flexibility index (Phi) is 5.73. The van der Waals surface area contributed by atoms with Gasteiger partial charge >= 0.3 is 0 Å². The first-order valence-corrected chi connectivity index (χ1v) is 17.3. The Labute approximate surface area is 228 Å². The molecule has 0 spiro atoms. The topological polar surface area (TPSA) is 12.9 Å². The Morgan fingerprint density at radius 1 is 0.711 bits per heavy atom. The van der Waals surface area contributed by atoms with E-state index in [9.17, 15) is 0 Å². The van der Waals surface area contributed by atoms with E-state index in [1.807, 2.05) is 6.20 Å². The van der Waals surface area contributed by atoms with Crippen molar-refractivity contribution in [3.8, 4) is 33.5 Å². The summed E-state index contributed by atoms with van der Waals surface area (Å²) in [5.74, 6) is 0.441. The SMILES string of the molecule is CC(C)c1cc(-c2nccc3c2C(C)(C)c2cc(-c4ccc([Si](C)(C)C)cc4)ccc2-3)cc2ccccc12. The third kappa shape index (κ3) is 3.94. The number of fused-ring (bicyclic) bond motifs is 4. The molecule has 0 fully saturated rings. The van der Waals surface area contributed by atoms with Gasteiger partial charge in [-0.25, -0.2) is 0 Å². The number of hydrogen-bond acceptors (Lipinski definition) is 1. The molecule has 0 bridgehead atoms. The van der Waals surface area contributed by atoms with Crippen molar-refractivity contribution in [1.82, 2.24) is 4.98 Å². The number of aromatic nitrogens is 1. The average molecular weight is 512 g/mol. The molecule has 1 aliphatic rings. The summed E-state index contributed by atoms with van der Waals surface area (Å²) >= 11 is 0. The molecule has 0 unspecified atom stereocenters. The normalized spacial score (nSPS) is 14.1. The number of nitrogens with zero attached hydrogens (tertiary/aromatic N) is 1. The lowest BCUT2D eigenvalue weighted by atomic mass is 9.79. The Bertz CT molecular complexity index is 1680. The zero-order chi connectivity index (χ0) is 26.8. The van der Waals surface area contributed by atoms with Crippen LogP contribution >= 0.6 is 0 Å². The van der Waals surface area contributed by atoms with Crippen LogP contribution in [0.5, 0.6) is 0 Å². The maximum Gasteiger partial charge on any atom is 0.0775 e. The zero-order valence-corrected chi connectivity index (χ0v) is 24.7. The molecule has 0 atom stereocenters. The standard InChI is InChI=1S/C36H37NSi/c1-23(2)32-21-27(20-26-10-8-9-11-29(26)32)35-34-31(18-19-37-35)30-17-14-25(22-33(30)36(34,3)4)24-12-15-28(16-13-24)38(5,6)7/h8-23H,1-7H3. The first kappa shape index (κ1) is 24.8. The first-order chi connectivity index (χ1) is 18.1. The molecular weight excluding hydrogens is 474 g/mol. The molecule has 0 aliphatic heterocycles. The molecule has 1 aromatic heterocycles. The predicted octanol–water partition coefficient (Wildman–Crippen LogP) is 9.54. The molecule has 0 amide bonds. The summed E-state index contributed by atoms with van der Waals surface area (Å²) < 4.78 is 0. The quantitative estimate of drug-likeness (QED) is 0.219. The minimum atomic E-state index is -1.31. The van der Waals surface area contributed by atoms with Crippen molar-refractivity contribution in [3.05, 3.63) is 108 Å². The van der Waals surface area contributed by atoms with E-state index in [-0.39, 0.29) is 5.41 Å². The van der Waals surface area contributed by atoms with Crippen molar-refractivity contribution in [3.63, 3.8) is 0 Å². The first-order valence-electron chi connectivity index (χ1n) is 13.8. The van der Waals surface area contributed by atoms with E-state index in [1.54, 1.807) is 0 Å².